The number of halogens is 2. The van der Waals surface area contributed by atoms with Crippen molar-refractivity contribution in [2.24, 2.45) is 0 Å². The van der Waals surface area contributed by atoms with Gasteiger partial charge in [-0.3, -0.25) is 27.8 Å². The number of nitrogens with two attached hydrogens (primary N) is 2. The van der Waals surface area contributed by atoms with Crippen LogP contribution in [0.4, 0.5) is 11.6 Å². The van der Waals surface area contributed by atoms with Crippen LogP contribution in [0.3, 0.4) is 0 Å². The summed E-state index contributed by atoms with van der Waals surface area (Å²) < 4.78 is 78.7. The third-order valence-electron chi connectivity index (χ3n) is 13.5. The molecule has 0 radical (unpaired) electrons. The number of para-hydroxylation sites is 1. The number of carbonyl (C=O) groups excluding carboxylic acids is 2. The van der Waals surface area contributed by atoms with Gasteiger partial charge >= 0.3 is 27.4 Å². The van der Waals surface area contributed by atoms with E-state index in [9.17, 15) is 28.9 Å². The van der Waals surface area contributed by atoms with Crippen molar-refractivity contribution in [2.45, 2.75) is 88.9 Å². The number of benzene rings is 5. The van der Waals surface area contributed by atoms with Crippen molar-refractivity contribution in [3.05, 3.63) is 168 Å². The van der Waals surface area contributed by atoms with E-state index in [1.54, 1.807) is 51.6 Å². The number of aliphatic hydroxyl groups is 2. The topological polar surface area (TPSA) is 346 Å². The number of nitrogens with one attached hydrogen (secondary N) is 2. The molecule has 9 aromatic rings. The van der Waals surface area contributed by atoms with Crippen LogP contribution in [0.5, 0.6) is 11.5 Å². The zero-order valence-corrected chi connectivity index (χ0v) is 49.2. The molecule has 0 aliphatic carbocycles. The number of nitrogens with zero attached hydrogens (tertiary/aromatic N) is 8. The van der Waals surface area contributed by atoms with E-state index in [1.165, 1.54) is 26.5 Å². The molecule has 2 aliphatic heterocycles. The fraction of sp³-hybridized carbons (Fsp3) is 0.286. The zero-order chi connectivity index (χ0) is 60.5. The number of aromatic nitrogens is 8. The Kier molecular flexibility index (Phi) is 19.5. The summed E-state index contributed by atoms with van der Waals surface area (Å²) in [4.78, 5) is 50.5. The first kappa shape index (κ1) is 61.4. The van der Waals surface area contributed by atoms with Gasteiger partial charge in [-0.05, 0) is 71.8 Å². The number of hydrogen-bond donors (Lipinski definition) is 6. The maximum Gasteiger partial charge on any atom is 0.459 e. The number of imidazole rings is 2. The van der Waals surface area contributed by atoms with E-state index in [0.717, 1.165) is 16.5 Å². The highest BCUT2D eigenvalue weighted by Gasteiger charge is 2.46. The molecule has 86 heavy (non-hydrogen) atoms. The quantitative estimate of drug-likeness (QED) is 0.0210. The van der Waals surface area contributed by atoms with Crippen LogP contribution in [0.15, 0.2) is 146 Å². The van der Waals surface area contributed by atoms with Gasteiger partial charge in [0, 0.05) is 18.2 Å². The largest absolute Gasteiger partial charge is 0.460 e. The molecular weight excluding hydrogens is 1200 g/mol. The summed E-state index contributed by atoms with van der Waals surface area (Å²) in [6, 6.07) is 37.2. The fourth-order valence-corrected chi connectivity index (χ4v) is 13.1. The van der Waals surface area contributed by atoms with E-state index in [-0.39, 0.29) is 59.8 Å². The summed E-state index contributed by atoms with van der Waals surface area (Å²) in [5.41, 5.74) is 14.8. The van der Waals surface area contributed by atoms with E-state index in [1.807, 2.05) is 91.0 Å². The van der Waals surface area contributed by atoms with Crippen molar-refractivity contribution in [1.82, 2.24) is 49.2 Å². The van der Waals surface area contributed by atoms with Crippen LogP contribution in [-0.2, 0) is 59.9 Å². The van der Waals surface area contributed by atoms with Crippen LogP contribution < -0.4 is 30.7 Å². The molecular formula is C56H58Cl2N12O14P2. The van der Waals surface area contributed by atoms with E-state index in [4.69, 9.17) is 71.7 Å². The van der Waals surface area contributed by atoms with Crippen LogP contribution >= 0.6 is 38.7 Å². The van der Waals surface area contributed by atoms with E-state index in [0.29, 0.717) is 27.7 Å². The predicted molar refractivity (Wildman–Crippen MR) is 315 cm³/mol. The summed E-state index contributed by atoms with van der Waals surface area (Å²) in [6.07, 6.45) is -2.04. The SMILES string of the molecule is C[C@H](NP(=O)(Oc1cccc2ccccc12)OC1C[C@H](n2cnc3c(N)nc(Cl)nc32)O[C@@H]1CO)C(=O)OCc1ccccc1.C[C@H](NP(=O)(Oc1ccccc1)OC1C[C@H](n2cnc3c(N)nc(Cl)nc32)O[C@@H]1CO)C(=O)OCc1ccccc1. The Morgan fingerprint density at radius 1 is 0.616 bits per heavy atom. The Hall–Kier alpha value is -7.68. The van der Waals surface area contributed by atoms with Gasteiger partial charge in [-0.15, -0.1) is 0 Å². The standard InChI is InChI=1S/C30H30ClN6O7P.C26H28ClN6O7P/c1-18(29(39)41-16-19-8-3-2-4-9-19)36-45(40,43-22-13-7-11-20-10-5-6-12-21(20)22)44-23-14-25(42-24(23)15-38)37-17-33-26-27(32)34-30(31)35-28(26)37;1-16(25(35)37-14-17-8-4-2-5-9-17)32-41(36,39-18-10-6-3-7-11-18)40-19-12-21(38-20(19)13-34)33-15-29-22-23(28)30-26(27)31-24(22)33/h2-13,17-18,23-25,38H,14-16H2,1H3,(H,36,40)(H2,32,34,35);2-11,15-16,19-21,34H,12-14H2,1H3,(H,32,36)(H2,28,30,31)/t18-,23?,24+,25+,45?;16-,19?,20+,21+,41?/m00/s1. The Morgan fingerprint density at radius 2 is 1.05 bits per heavy atom. The maximum absolute atomic E-state index is 14.6. The van der Waals surface area contributed by atoms with Crippen LogP contribution in [0.1, 0.15) is 50.3 Å². The molecule has 450 valence electrons. The van der Waals surface area contributed by atoms with Crippen molar-refractivity contribution in [2.75, 3.05) is 24.7 Å². The Bertz CT molecular complexity index is 3910. The second kappa shape index (κ2) is 27.4. The summed E-state index contributed by atoms with van der Waals surface area (Å²) in [7, 11) is -8.60. The van der Waals surface area contributed by atoms with Gasteiger partial charge < -0.3 is 49.7 Å². The van der Waals surface area contributed by atoms with Crippen molar-refractivity contribution in [3.8, 4) is 11.5 Å². The highest BCUT2D eigenvalue weighted by molar-refractivity contribution is 7.52. The number of esters is 2. The Labute approximate surface area is 501 Å². The number of fused-ring (bicyclic) bond motifs is 3. The molecule has 5 aromatic carbocycles. The second-order valence-electron chi connectivity index (χ2n) is 19.6. The smallest absolute Gasteiger partial charge is 0.459 e. The van der Waals surface area contributed by atoms with Gasteiger partial charge in [0.2, 0.25) is 10.6 Å². The molecule has 0 spiro atoms. The predicted octanol–water partition coefficient (Wildman–Crippen LogP) is 8.42. The number of hydrogen-bond acceptors (Lipinski definition) is 22. The van der Waals surface area contributed by atoms with Crippen molar-refractivity contribution >= 4 is 95.4 Å². The van der Waals surface area contributed by atoms with Gasteiger partial charge in [0.1, 0.15) is 84.7 Å². The number of rotatable bonds is 22. The molecule has 4 aromatic heterocycles. The van der Waals surface area contributed by atoms with Gasteiger partial charge in [-0.1, -0.05) is 115 Å². The second-order valence-corrected chi connectivity index (χ2v) is 23.6. The average molecular weight is 1260 g/mol. The third-order valence-corrected chi connectivity index (χ3v) is 17.3. The highest BCUT2D eigenvalue weighted by Crippen LogP contribution is 2.52. The lowest BCUT2D eigenvalue weighted by Gasteiger charge is -2.27. The molecule has 2 aliphatic rings. The monoisotopic (exact) mass is 1250 g/mol. The first-order valence-corrected chi connectivity index (χ1v) is 30.6. The van der Waals surface area contributed by atoms with Crippen molar-refractivity contribution < 1.29 is 66.0 Å². The number of nitrogen functional groups attached to an aromatic ring is 2. The lowest BCUT2D eigenvalue weighted by molar-refractivity contribution is -0.147. The molecule has 2 saturated heterocycles. The average Bonchev–Trinajstić information content (AvgIpc) is 2.15. The summed E-state index contributed by atoms with van der Waals surface area (Å²) in [6.45, 7) is 2.14. The van der Waals surface area contributed by atoms with E-state index < -0.39 is 89.6 Å². The minimum atomic E-state index is -4.35. The lowest BCUT2D eigenvalue weighted by Crippen LogP contribution is -2.37. The Balaban J connectivity index is 0.000000192. The van der Waals surface area contributed by atoms with E-state index >= 15 is 0 Å². The van der Waals surface area contributed by atoms with Crippen LogP contribution in [0.2, 0.25) is 10.6 Å². The molecule has 26 nitrogen and oxygen atoms in total. The number of anilines is 2. The normalized spacial score (nSPS) is 20.5. The molecule has 4 unspecified atom stereocenters. The van der Waals surface area contributed by atoms with Gasteiger partial charge in [0.05, 0.1) is 25.9 Å². The van der Waals surface area contributed by atoms with E-state index in [2.05, 4.69) is 40.1 Å². The first-order chi connectivity index (χ1) is 41.5. The van der Waals surface area contributed by atoms with Gasteiger partial charge in [0.15, 0.2) is 22.9 Å². The highest BCUT2D eigenvalue weighted by atomic mass is 35.5. The molecule has 10 atom stereocenters. The molecule has 11 rings (SSSR count). The number of carbonyl (C=O) groups is 2. The first-order valence-electron chi connectivity index (χ1n) is 26.8. The molecule has 2 fully saturated rings. The van der Waals surface area contributed by atoms with Gasteiger partial charge in [-0.25, -0.2) is 19.1 Å². The lowest BCUT2D eigenvalue weighted by atomic mass is 10.1. The summed E-state index contributed by atoms with van der Waals surface area (Å²) in [5, 5.41) is 27.1. The molecule has 8 N–H and O–H groups in total. The minimum absolute atomic E-state index is 0.0305. The fourth-order valence-electron chi connectivity index (χ4n) is 9.36. The van der Waals surface area contributed by atoms with Crippen LogP contribution in [0.25, 0.3) is 33.1 Å². The van der Waals surface area contributed by atoms with Crippen LogP contribution in [0, 0.1) is 0 Å². The molecule has 6 heterocycles. The third kappa shape index (κ3) is 14.8. The van der Waals surface area contributed by atoms with Crippen LogP contribution in [-0.4, -0.2) is 111 Å². The number of aliphatic hydroxyl groups excluding tert-OH is 2. The summed E-state index contributed by atoms with van der Waals surface area (Å²) >= 11 is 12.0. The van der Waals surface area contributed by atoms with Crippen molar-refractivity contribution in [1.29, 1.82) is 0 Å². The maximum atomic E-state index is 14.6. The number of ether oxygens (including phenoxy) is 4. The zero-order valence-electron chi connectivity index (χ0n) is 45.9. The Morgan fingerprint density at radius 3 is 1.52 bits per heavy atom. The molecule has 0 saturated carbocycles. The van der Waals surface area contributed by atoms with Crippen molar-refractivity contribution in [3.63, 3.8) is 0 Å². The van der Waals surface area contributed by atoms with Gasteiger partial charge in [0.25, 0.3) is 0 Å². The molecule has 30 heteroatoms. The minimum Gasteiger partial charge on any atom is -0.460 e. The molecule has 0 amide bonds. The molecule has 0 bridgehead atoms. The van der Waals surface area contributed by atoms with Gasteiger partial charge in [-0.2, -0.15) is 30.1 Å². The summed E-state index contributed by atoms with van der Waals surface area (Å²) in [5.74, 6) is -0.617.